The van der Waals surface area contributed by atoms with Gasteiger partial charge in [-0.1, -0.05) is 32.9 Å². The Morgan fingerprint density at radius 3 is 2.85 bits per heavy atom. The van der Waals surface area contributed by atoms with Gasteiger partial charge in [-0.2, -0.15) is 11.8 Å². The van der Waals surface area contributed by atoms with E-state index < -0.39 is 0 Å². The largest absolute Gasteiger partial charge is 0.325 e. The first kappa shape index (κ1) is 17.1. The number of carbonyl (C=O) groups is 1. The maximum atomic E-state index is 11.8. The molecular weight excluding hydrogens is 268 g/mol. The Morgan fingerprint density at radius 1 is 1.35 bits per heavy atom. The molecule has 0 aliphatic carbocycles. The van der Waals surface area contributed by atoms with E-state index >= 15 is 0 Å². The fourth-order valence-electron chi connectivity index (χ4n) is 1.71. The lowest BCUT2D eigenvalue weighted by Gasteiger charge is -2.08. The van der Waals surface area contributed by atoms with Crippen molar-refractivity contribution in [2.24, 2.45) is 5.92 Å². The fourth-order valence-corrected chi connectivity index (χ4v) is 2.75. The minimum atomic E-state index is 0.0827. The first-order valence-corrected chi connectivity index (χ1v) is 8.44. The highest BCUT2D eigenvalue weighted by molar-refractivity contribution is 7.99. The highest BCUT2D eigenvalue weighted by Gasteiger charge is 2.04. The van der Waals surface area contributed by atoms with Crippen LogP contribution in [0.15, 0.2) is 24.3 Å². The van der Waals surface area contributed by atoms with Crippen molar-refractivity contribution >= 4 is 23.4 Å². The summed E-state index contributed by atoms with van der Waals surface area (Å²) >= 11 is 1.70. The molecule has 0 aliphatic heterocycles. The standard InChI is InChI=1S/C16H26N2OS/c1-4-17-11-14-6-5-7-15(10-14)18-16(19)12-20-9-8-13(2)3/h5-7,10,13,17H,4,8-9,11-12H2,1-3H3,(H,18,19). The minimum Gasteiger partial charge on any atom is -0.325 e. The molecular formula is C16H26N2OS. The number of hydrogen-bond donors (Lipinski definition) is 2. The average Bonchev–Trinajstić information content (AvgIpc) is 2.41. The number of anilines is 1. The highest BCUT2D eigenvalue weighted by Crippen LogP contribution is 2.12. The SMILES string of the molecule is CCNCc1cccc(NC(=O)CSCCC(C)C)c1. The summed E-state index contributed by atoms with van der Waals surface area (Å²) in [5.41, 5.74) is 2.08. The van der Waals surface area contributed by atoms with Crippen LogP contribution in [0.2, 0.25) is 0 Å². The monoisotopic (exact) mass is 294 g/mol. The molecule has 2 N–H and O–H groups in total. The summed E-state index contributed by atoms with van der Waals surface area (Å²) in [6.45, 7) is 8.28. The van der Waals surface area contributed by atoms with Crippen LogP contribution in [0.4, 0.5) is 5.69 Å². The molecule has 0 bridgehead atoms. The third kappa shape index (κ3) is 7.56. The minimum absolute atomic E-state index is 0.0827. The summed E-state index contributed by atoms with van der Waals surface area (Å²) in [6, 6.07) is 8.01. The molecule has 0 aromatic heterocycles. The Bertz CT molecular complexity index is 407. The highest BCUT2D eigenvalue weighted by atomic mass is 32.2. The second-order valence-corrected chi connectivity index (χ2v) is 6.37. The molecule has 0 heterocycles. The molecule has 1 amide bonds. The quantitative estimate of drug-likeness (QED) is 0.685. The van der Waals surface area contributed by atoms with E-state index in [2.05, 4.69) is 37.5 Å². The lowest BCUT2D eigenvalue weighted by Crippen LogP contribution is -2.15. The van der Waals surface area contributed by atoms with E-state index in [-0.39, 0.29) is 5.91 Å². The Labute approximate surface area is 126 Å². The van der Waals surface area contributed by atoms with Crippen LogP contribution >= 0.6 is 11.8 Å². The van der Waals surface area contributed by atoms with Gasteiger partial charge in [0.2, 0.25) is 5.91 Å². The molecule has 0 spiro atoms. The number of carbonyl (C=O) groups excluding carboxylic acids is 1. The van der Waals surface area contributed by atoms with Crippen molar-refractivity contribution in [3.05, 3.63) is 29.8 Å². The summed E-state index contributed by atoms with van der Waals surface area (Å²) in [7, 11) is 0. The summed E-state index contributed by atoms with van der Waals surface area (Å²) in [5, 5.41) is 6.24. The molecule has 3 nitrogen and oxygen atoms in total. The van der Waals surface area contributed by atoms with Gasteiger partial charge in [-0.3, -0.25) is 4.79 Å². The van der Waals surface area contributed by atoms with E-state index in [4.69, 9.17) is 0 Å². The van der Waals surface area contributed by atoms with Gasteiger partial charge < -0.3 is 10.6 Å². The van der Waals surface area contributed by atoms with Gasteiger partial charge >= 0.3 is 0 Å². The Hall–Kier alpha value is -1.00. The van der Waals surface area contributed by atoms with Gasteiger partial charge in [0.25, 0.3) is 0 Å². The van der Waals surface area contributed by atoms with Crippen molar-refractivity contribution in [2.45, 2.75) is 33.7 Å². The topological polar surface area (TPSA) is 41.1 Å². The average molecular weight is 294 g/mol. The van der Waals surface area contributed by atoms with E-state index in [9.17, 15) is 4.79 Å². The maximum Gasteiger partial charge on any atom is 0.234 e. The van der Waals surface area contributed by atoms with Gasteiger partial charge in [0, 0.05) is 12.2 Å². The lowest BCUT2D eigenvalue weighted by atomic mass is 10.2. The second-order valence-electron chi connectivity index (χ2n) is 5.26. The predicted octanol–water partition coefficient (Wildman–Crippen LogP) is 3.51. The van der Waals surface area contributed by atoms with Crippen LogP contribution in [-0.2, 0) is 11.3 Å². The van der Waals surface area contributed by atoms with Crippen LogP contribution in [0.25, 0.3) is 0 Å². The summed E-state index contributed by atoms with van der Waals surface area (Å²) in [5.74, 6) is 2.36. The molecule has 112 valence electrons. The van der Waals surface area contributed by atoms with Crippen LogP contribution in [0.3, 0.4) is 0 Å². The fraction of sp³-hybridized carbons (Fsp3) is 0.562. The molecule has 0 fully saturated rings. The van der Waals surface area contributed by atoms with Crippen LogP contribution in [0, 0.1) is 5.92 Å². The van der Waals surface area contributed by atoms with Crippen molar-refractivity contribution in [1.29, 1.82) is 0 Å². The van der Waals surface area contributed by atoms with Crippen molar-refractivity contribution in [3.8, 4) is 0 Å². The number of hydrogen-bond acceptors (Lipinski definition) is 3. The number of benzene rings is 1. The zero-order valence-electron chi connectivity index (χ0n) is 12.7. The van der Waals surface area contributed by atoms with Crippen molar-refractivity contribution in [3.63, 3.8) is 0 Å². The van der Waals surface area contributed by atoms with Gasteiger partial charge in [0.05, 0.1) is 5.75 Å². The first-order chi connectivity index (χ1) is 9.61. The Kier molecular flexibility index (Phi) is 8.38. The van der Waals surface area contributed by atoms with Crippen molar-refractivity contribution in [1.82, 2.24) is 5.32 Å². The first-order valence-electron chi connectivity index (χ1n) is 7.29. The molecule has 1 aromatic carbocycles. The molecule has 1 rings (SSSR count). The molecule has 4 heteroatoms. The second kappa shape index (κ2) is 9.83. The number of thioether (sulfide) groups is 1. The summed E-state index contributed by atoms with van der Waals surface area (Å²) in [6.07, 6.45) is 1.16. The van der Waals surface area contributed by atoms with E-state index in [1.165, 1.54) is 5.56 Å². The third-order valence-electron chi connectivity index (χ3n) is 2.86. The Balaban J connectivity index is 2.33. The predicted molar refractivity (Wildman–Crippen MR) is 89.2 cm³/mol. The lowest BCUT2D eigenvalue weighted by molar-refractivity contribution is -0.113. The molecule has 0 aliphatic rings. The molecule has 0 saturated carbocycles. The van der Waals surface area contributed by atoms with Crippen LogP contribution in [-0.4, -0.2) is 24.0 Å². The van der Waals surface area contributed by atoms with Crippen LogP contribution < -0.4 is 10.6 Å². The van der Waals surface area contributed by atoms with Gasteiger partial charge in [-0.05, 0) is 42.3 Å². The Morgan fingerprint density at radius 2 is 2.15 bits per heavy atom. The normalized spacial score (nSPS) is 10.8. The molecule has 20 heavy (non-hydrogen) atoms. The number of rotatable bonds is 9. The summed E-state index contributed by atoms with van der Waals surface area (Å²) in [4.78, 5) is 11.8. The van der Waals surface area contributed by atoms with E-state index in [1.54, 1.807) is 11.8 Å². The zero-order chi connectivity index (χ0) is 14.8. The van der Waals surface area contributed by atoms with Crippen molar-refractivity contribution < 1.29 is 4.79 Å². The van der Waals surface area contributed by atoms with Crippen LogP contribution in [0.5, 0.6) is 0 Å². The smallest absolute Gasteiger partial charge is 0.234 e. The molecule has 0 unspecified atom stereocenters. The van der Waals surface area contributed by atoms with Gasteiger partial charge in [0.15, 0.2) is 0 Å². The third-order valence-corrected chi connectivity index (χ3v) is 3.85. The molecule has 1 aromatic rings. The van der Waals surface area contributed by atoms with Gasteiger partial charge in [-0.25, -0.2) is 0 Å². The van der Waals surface area contributed by atoms with E-state index in [0.717, 1.165) is 31.0 Å². The van der Waals surface area contributed by atoms with E-state index in [0.29, 0.717) is 11.7 Å². The van der Waals surface area contributed by atoms with E-state index in [1.807, 2.05) is 18.2 Å². The number of amides is 1. The zero-order valence-corrected chi connectivity index (χ0v) is 13.6. The number of nitrogens with one attached hydrogen (secondary N) is 2. The van der Waals surface area contributed by atoms with Gasteiger partial charge in [-0.15, -0.1) is 0 Å². The molecule has 0 radical (unpaired) electrons. The molecule has 0 saturated heterocycles. The van der Waals surface area contributed by atoms with Gasteiger partial charge in [0.1, 0.15) is 0 Å². The van der Waals surface area contributed by atoms with Crippen molar-refractivity contribution in [2.75, 3.05) is 23.4 Å². The maximum absolute atomic E-state index is 11.8. The summed E-state index contributed by atoms with van der Waals surface area (Å²) < 4.78 is 0. The molecule has 0 atom stereocenters. The van der Waals surface area contributed by atoms with Crippen LogP contribution in [0.1, 0.15) is 32.8 Å².